The van der Waals surface area contributed by atoms with Gasteiger partial charge in [0.05, 0.1) is 29.5 Å². The summed E-state index contributed by atoms with van der Waals surface area (Å²) in [6.45, 7) is 1.28. The third-order valence-electron chi connectivity index (χ3n) is 4.49. The van der Waals surface area contributed by atoms with Gasteiger partial charge in [-0.15, -0.1) is 0 Å². The second kappa shape index (κ2) is 9.40. The Morgan fingerprint density at radius 2 is 1.81 bits per heavy atom. The monoisotopic (exact) mass is 439 g/mol. The molecule has 0 saturated heterocycles. The van der Waals surface area contributed by atoms with Crippen molar-refractivity contribution in [2.75, 3.05) is 23.3 Å². The van der Waals surface area contributed by atoms with Gasteiger partial charge in [0, 0.05) is 11.9 Å². The van der Waals surface area contributed by atoms with Crippen molar-refractivity contribution in [1.29, 1.82) is 0 Å². The van der Waals surface area contributed by atoms with Gasteiger partial charge in [-0.3, -0.25) is 14.1 Å². The van der Waals surface area contributed by atoms with E-state index in [0.29, 0.717) is 11.3 Å². The van der Waals surface area contributed by atoms with Crippen molar-refractivity contribution in [3.63, 3.8) is 0 Å². The number of carbonyl (C=O) groups excluding carboxylic acids is 2. The van der Waals surface area contributed by atoms with Crippen LogP contribution < -0.4 is 9.62 Å². The minimum absolute atomic E-state index is 0.0514. The molecule has 1 aromatic heterocycles. The number of pyridine rings is 1. The van der Waals surface area contributed by atoms with Crippen LogP contribution in [0.2, 0.25) is 0 Å². The smallest absolute Gasteiger partial charge is 0.337 e. The van der Waals surface area contributed by atoms with Crippen LogP contribution in [-0.4, -0.2) is 38.9 Å². The molecule has 0 aliphatic heterocycles. The summed E-state index contributed by atoms with van der Waals surface area (Å²) in [5, 5.41) is 2.68. The van der Waals surface area contributed by atoms with Crippen molar-refractivity contribution in [1.82, 2.24) is 4.98 Å². The number of aryl methyl sites for hydroxylation is 1. The topological polar surface area (TPSA) is 106 Å². The fourth-order valence-corrected chi connectivity index (χ4v) is 4.29. The first-order chi connectivity index (χ1) is 14.8. The van der Waals surface area contributed by atoms with Gasteiger partial charge in [-0.2, -0.15) is 0 Å². The van der Waals surface area contributed by atoms with E-state index in [4.69, 9.17) is 4.74 Å². The molecular formula is C22H21N3O5S. The lowest BCUT2D eigenvalue weighted by atomic mass is 10.1. The fourth-order valence-electron chi connectivity index (χ4n) is 2.86. The molecule has 0 atom stereocenters. The Morgan fingerprint density at radius 3 is 2.45 bits per heavy atom. The van der Waals surface area contributed by atoms with E-state index < -0.39 is 28.4 Å². The molecule has 1 N–H and O–H groups in total. The number of aromatic nitrogens is 1. The Balaban J connectivity index is 1.91. The van der Waals surface area contributed by atoms with Crippen LogP contribution in [-0.2, 0) is 19.6 Å². The summed E-state index contributed by atoms with van der Waals surface area (Å²) in [7, 11) is -2.75. The van der Waals surface area contributed by atoms with Crippen LogP contribution in [0.3, 0.4) is 0 Å². The number of nitrogens with zero attached hydrogens (tertiary/aromatic N) is 2. The second-order valence-electron chi connectivity index (χ2n) is 6.61. The molecule has 0 spiro atoms. The van der Waals surface area contributed by atoms with Gasteiger partial charge >= 0.3 is 5.97 Å². The summed E-state index contributed by atoms with van der Waals surface area (Å²) < 4.78 is 32.2. The van der Waals surface area contributed by atoms with Gasteiger partial charge in [-0.05, 0) is 48.9 Å². The van der Waals surface area contributed by atoms with Crippen LogP contribution in [0.4, 0.5) is 11.4 Å². The third kappa shape index (κ3) is 5.07. The maximum atomic E-state index is 13.2. The van der Waals surface area contributed by atoms with Crippen molar-refractivity contribution < 1.29 is 22.7 Å². The summed E-state index contributed by atoms with van der Waals surface area (Å²) in [6.07, 6.45) is 2.88. The molecule has 1 heterocycles. The Hall–Kier alpha value is -3.72. The molecule has 0 bridgehead atoms. The number of hydrogen-bond acceptors (Lipinski definition) is 6. The van der Waals surface area contributed by atoms with E-state index in [-0.39, 0.29) is 16.1 Å². The van der Waals surface area contributed by atoms with Crippen molar-refractivity contribution in [2.24, 2.45) is 0 Å². The lowest BCUT2D eigenvalue weighted by Crippen LogP contribution is -2.38. The number of methoxy groups -OCH3 is 1. The zero-order valence-electron chi connectivity index (χ0n) is 17.0. The number of ether oxygens (including phenoxy) is 1. The van der Waals surface area contributed by atoms with E-state index in [1.165, 1.54) is 37.7 Å². The van der Waals surface area contributed by atoms with Gasteiger partial charge in [0.2, 0.25) is 5.91 Å². The highest BCUT2D eigenvalue weighted by Gasteiger charge is 2.27. The van der Waals surface area contributed by atoms with Crippen molar-refractivity contribution in [2.45, 2.75) is 11.8 Å². The predicted molar refractivity (Wildman–Crippen MR) is 116 cm³/mol. The molecule has 31 heavy (non-hydrogen) atoms. The number of esters is 1. The van der Waals surface area contributed by atoms with Gasteiger partial charge < -0.3 is 10.1 Å². The Morgan fingerprint density at radius 1 is 1.06 bits per heavy atom. The largest absolute Gasteiger partial charge is 0.465 e. The molecule has 160 valence electrons. The molecule has 3 rings (SSSR count). The lowest BCUT2D eigenvalue weighted by molar-refractivity contribution is -0.114. The molecule has 0 aliphatic carbocycles. The Bertz CT molecular complexity index is 1180. The Labute approximate surface area is 180 Å². The molecule has 0 aliphatic rings. The quantitative estimate of drug-likeness (QED) is 0.568. The van der Waals surface area contributed by atoms with Crippen LogP contribution in [0, 0.1) is 6.92 Å². The Kier molecular flexibility index (Phi) is 6.66. The highest BCUT2D eigenvalue weighted by molar-refractivity contribution is 7.92. The summed E-state index contributed by atoms with van der Waals surface area (Å²) in [6, 6.07) is 15.7. The number of benzene rings is 2. The highest BCUT2D eigenvalue weighted by Crippen LogP contribution is 2.23. The first-order valence-corrected chi connectivity index (χ1v) is 10.7. The molecule has 0 radical (unpaired) electrons. The standard InChI is InChI=1S/C22H21N3O5S/c1-16-10-11-17(22(27)30-2)13-20(16)24-21(26)15-25(18-7-6-12-23-14-18)31(28,29)19-8-4-3-5-9-19/h3-14H,15H2,1-2H3,(H,24,26). The van der Waals surface area contributed by atoms with E-state index in [2.05, 4.69) is 10.3 Å². The molecule has 9 heteroatoms. The first kappa shape index (κ1) is 22.0. The molecule has 1 amide bonds. The average Bonchev–Trinajstić information content (AvgIpc) is 2.79. The van der Waals surface area contributed by atoms with Crippen LogP contribution in [0.1, 0.15) is 15.9 Å². The zero-order valence-corrected chi connectivity index (χ0v) is 17.8. The maximum Gasteiger partial charge on any atom is 0.337 e. The van der Waals surface area contributed by atoms with E-state index in [0.717, 1.165) is 4.31 Å². The van der Waals surface area contributed by atoms with E-state index in [1.54, 1.807) is 49.4 Å². The number of rotatable bonds is 7. The van der Waals surface area contributed by atoms with Gasteiger partial charge in [-0.1, -0.05) is 24.3 Å². The van der Waals surface area contributed by atoms with Crippen molar-refractivity contribution in [3.05, 3.63) is 84.2 Å². The van der Waals surface area contributed by atoms with Gasteiger partial charge in [0.25, 0.3) is 10.0 Å². The van der Waals surface area contributed by atoms with E-state index >= 15 is 0 Å². The highest BCUT2D eigenvalue weighted by atomic mass is 32.2. The number of anilines is 2. The summed E-state index contributed by atoms with van der Waals surface area (Å²) in [5.41, 5.74) is 1.61. The van der Waals surface area contributed by atoms with E-state index in [1.807, 2.05) is 0 Å². The number of nitrogens with one attached hydrogen (secondary N) is 1. The van der Waals surface area contributed by atoms with Crippen molar-refractivity contribution >= 4 is 33.3 Å². The van der Waals surface area contributed by atoms with Gasteiger partial charge in [0.1, 0.15) is 6.54 Å². The first-order valence-electron chi connectivity index (χ1n) is 9.29. The van der Waals surface area contributed by atoms with Crippen LogP contribution in [0.5, 0.6) is 0 Å². The van der Waals surface area contributed by atoms with E-state index in [9.17, 15) is 18.0 Å². The number of carbonyl (C=O) groups is 2. The number of hydrogen-bond donors (Lipinski definition) is 1. The minimum atomic E-state index is -4.02. The zero-order chi connectivity index (χ0) is 22.4. The molecule has 8 nitrogen and oxygen atoms in total. The normalized spacial score (nSPS) is 10.9. The van der Waals surface area contributed by atoms with Crippen LogP contribution in [0.25, 0.3) is 0 Å². The van der Waals surface area contributed by atoms with Gasteiger partial charge in [0.15, 0.2) is 0 Å². The third-order valence-corrected chi connectivity index (χ3v) is 6.27. The maximum absolute atomic E-state index is 13.2. The number of sulfonamides is 1. The van der Waals surface area contributed by atoms with Gasteiger partial charge in [-0.25, -0.2) is 13.2 Å². The summed E-state index contributed by atoms with van der Waals surface area (Å²) in [4.78, 5) is 28.6. The molecule has 0 unspecified atom stereocenters. The lowest BCUT2D eigenvalue weighted by Gasteiger charge is -2.24. The summed E-state index contributed by atoms with van der Waals surface area (Å²) >= 11 is 0. The SMILES string of the molecule is COC(=O)c1ccc(C)c(NC(=O)CN(c2cccnc2)S(=O)(=O)c2ccccc2)c1. The molecule has 3 aromatic rings. The second-order valence-corrected chi connectivity index (χ2v) is 8.47. The van der Waals surface area contributed by atoms with Crippen molar-refractivity contribution in [3.8, 4) is 0 Å². The average molecular weight is 439 g/mol. The number of amides is 1. The molecule has 0 saturated carbocycles. The molecule has 2 aromatic carbocycles. The van der Waals surface area contributed by atoms with Crippen LogP contribution in [0.15, 0.2) is 78.0 Å². The molecule has 0 fully saturated rings. The fraction of sp³-hybridized carbons (Fsp3) is 0.136. The minimum Gasteiger partial charge on any atom is -0.465 e. The predicted octanol–water partition coefficient (Wildman–Crippen LogP) is 3.01. The van der Waals surface area contributed by atoms with Crippen LogP contribution >= 0.6 is 0 Å². The summed E-state index contributed by atoms with van der Waals surface area (Å²) in [5.74, 6) is -1.12. The molecular weight excluding hydrogens is 418 g/mol.